The van der Waals surface area contributed by atoms with Crippen molar-refractivity contribution in [2.75, 3.05) is 0 Å². The van der Waals surface area contributed by atoms with Crippen LogP contribution >= 0.6 is 11.6 Å². The molecule has 6 heteroatoms. The van der Waals surface area contributed by atoms with Crippen LogP contribution in [0.25, 0.3) is 28.1 Å². The van der Waals surface area contributed by atoms with Gasteiger partial charge in [-0.15, -0.1) is 0 Å². The molecule has 4 nitrogen and oxygen atoms in total. The van der Waals surface area contributed by atoms with Crippen LogP contribution in [0.1, 0.15) is 21.6 Å². The van der Waals surface area contributed by atoms with Crippen molar-refractivity contribution in [3.8, 4) is 17.2 Å². The van der Waals surface area contributed by atoms with E-state index in [0.717, 1.165) is 5.56 Å². The van der Waals surface area contributed by atoms with Gasteiger partial charge in [0.05, 0.1) is 11.1 Å². The van der Waals surface area contributed by atoms with Gasteiger partial charge in [0, 0.05) is 22.5 Å². The summed E-state index contributed by atoms with van der Waals surface area (Å²) in [4.78, 5) is 14.8. The topological polar surface area (TPSA) is 82.7 Å². The largest absolute Gasteiger partial charge is 0.364 e. The maximum absolute atomic E-state index is 14.7. The lowest BCUT2D eigenvalue weighted by molar-refractivity contribution is 0.0997. The maximum atomic E-state index is 14.7. The zero-order chi connectivity index (χ0) is 18.1. The highest BCUT2D eigenvalue weighted by molar-refractivity contribution is 6.32. The fourth-order valence-electron chi connectivity index (χ4n) is 2.85. The van der Waals surface area contributed by atoms with Gasteiger partial charge in [-0.05, 0) is 36.3 Å². The van der Waals surface area contributed by atoms with Crippen molar-refractivity contribution in [1.82, 2.24) is 4.98 Å². The van der Waals surface area contributed by atoms with Crippen molar-refractivity contribution in [2.45, 2.75) is 6.92 Å². The number of carbonyl (C=O) groups is 1. The lowest BCUT2D eigenvalue weighted by Crippen LogP contribution is -2.12. The number of aryl methyl sites for hydroxylation is 1. The third-order valence-electron chi connectivity index (χ3n) is 3.91. The number of H-pyrrole nitrogens is 1. The SMILES string of the molecule is Cc1ccc(-c2c(C(N)=O)[nH]c3ccc(Cl)c(F)c23)c(/C=C/C#N)c1. The number of nitrogens with two attached hydrogens (primary N) is 1. The number of halogens is 2. The van der Waals surface area contributed by atoms with Crippen molar-refractivity contribution in [1.29, 1.82) is 5.26 Å². The van der Waals surface area contributed by atoms with Crippen LogP contribution in [0.15, 0.2) is 36.4 Å². The fourth-order valence-corrected chi connectivity index (χ4v) is 3.01. The van der Waals surface area contributed by atoms with E-state index in [1.54, 1.807) is 18.2 Å². The van der Waals surface area contributed by atoms with Gasteiger partial charge in [0.15, 0.2) is 5.82 Å². The lowest BCUT2D eigenvalue weighted by atomic mass is 9.94. The Labute approximate surface area is 148 Å². The summed E-state index contributed by atoms with van der Waals surface area (Å²) in [5, 5.41) is 8.96. The molecular weight excluding hydrogens is 341 g/mol. The van der Waals surface area contributed by atoms with E-state index in [0.29, 0.717) is 22.2 Å². The van der Waals surface area contributed by atoms with Crippen LogP contribution in [0.2, 0.25) is 5.02 Å². The number of rotatable bonds is 3. The molecule has 0 bridgehead atoms. The summed E-state index contributed by atoms with van der Waals surface area (Å²) in [6.07, 6.45) is 2.93. The molecule has 0 spiro atoms. The Morgan fingerprint density at radius 1 is 1.36 bits per heavy atom. The van der Waals surface area contributed by atoms with Crippen LogP contribution < -0.4 is 5.73 Å². The molecule has 0 aliphatic heterocycles. The van der Waals surface area contributed by atoms with E-state index in [-0.39, 0.29) is 16.1 Å². The Bertz CT molecular complexity index is 1080. The zero-order valence-corrected chi connectivity index (χ0v) is 14.0. The third kappa shape index (κ3) is 2.88. The number of hydrogen-bond acceptors (Lipinski definition) is 2. The highest BCUT2D eigenvalue weighted by Crippen LogP contribution is 2.38. The first-order valence-corrected chi connectivity index (χ1v) is 7.78. The second-order valence-electron chi connectivity index (χ2n) is 5.58. The van der Waals surface area contributed by atoms with Crippen molar-refractivity contribution in [3.63, 3.8) is 0 Å². The molecule has 0 radical (unpaired) electrons. The molecule has 25 heavy (non-hydrogen) atoms. The van der Waals surface area contributed by atoms with Crippen molar-refractivity contribution < 1.29 is 9.18 Å². The predicted molar refractivity (Wildman–Crippen MR) is 96.6 cm³/mol. The molecule has 1 heterocycles. The molecule has 0 saturated carbocycles. The van der Waals surface area contributed by atoms with E-state index in [9.17, 15) is 9.18 Å². The van der Waals surface area contributed by atoms with E-state index in [2.05, 4.69) is 4.98 Å². The second kappa shape index (κ2) is 6.42. The molecule has 1 amide bonds. The number of nitriles is 1. The van der Waals surface area contributed by atoms with Gasteiger partial charge in [-0.25, -0.2) is 4.39 Å². The van der Waals surface area contributed by atoms with Crippen molar-refractivity contribution in [2.24, 2.45) is 5.73 Å². The van der Waals surface area contributed by atoms with Gasteiger partial charge in [0.2, 0.25) is 0 Å². The normalized spacial score (nSPS) is 11.1. The smallest absolute Gasteiger partial charge is 0.265 e. The Balaban J connectivity index is 2.45. The number of carbonyl (C=O) groups excluding carboxylic acids is 1. The number of benzene rings is 2. The Morgan fingerprint density at radius 2 is 2.12 bits per heavy atom. The van der Waals surface area contributed by atoms with E-state index < -0.39 is 11.7 Å². The van der Waals surface area contributed by atoms with Crippen molar-refractivity contribution >= 4 is 34.5 Å². The van der Waals surface area contributed by atoms with Gasteiger partial charge in [-0.3, -0.25) is 4.79 Å². The van der Waals surface area contributed by atoms with Gasteiger partial charge >= 0.3 is 0 Å². The van der Waals surface area contributed by atoms with Gasteiger partial charge in [0.1, 0.15) is 5.69 Å². The molecule has 0 aliphatic carbocycles. The molecule has 124 valence electrons. The van der Waals surface area contributed by atoms with Gasteiger partial charge in [-0.1, -0.05) is 35.4 Å². The summed E-state index contributed by atoms with van der Waals surface area (Å²) in [6.45, 7) is 1.90. The highest BCUT2D eigenvalue weighted by atomic mass is 35.5. The summed E-state index contributed by atoms with van der Waals surface area (Å²) in [5.74, 6) is -1.34. The number of nitrogens with one attached hydrogen (secondary N) is 1. The first kappa shape index (κ1) is 16.7. The maximum Gasteiger partial charge on any atom is 0.265 e. The molecule has 3 aromatic rings. The summed E-state index contributed by atoms with van der Waals surface area (Å²) in [6, 6.07) is 10.4. The van der Waals surface area contributed by atoms with E-state index >= 15 is 0 Å². The number of allylic oxidation sites excluding steroid dienone is 1. The van der Waals surface area contributed by atoms with Crippen LogP contribution in [0.4, 0.5) is 4.39 Å². The monoisotopic (exact) mass is 353 g/mol. The van der Waals surface area contributed by atoms with E-state index in [1.807, 2.05) is 25.1 Å². The standard InChI is InChI=1S/C19H13ClFN3O/c1-10-4-5-12(11(9-10)3-2-8-22)15-16-14(24-18(15)19(23)25)7-6-13(20)17(16)21/h2-7,9,24H,1H3,(H2,23,25)/b3-2+. The van der Waals surface area contributed by atoms with Crippen LogP contribution in [0.5, 0.6) is 0 Å². The average molecular weight is 354 g/mol. The zero-order valence-electron chi connectivity index (χ0n) is 13.2. The minimum atomic E-state index is -0.711. The number of amides is 1. The first-order chi connectivity index (χ1) is 11.9. The summed E-state index contributed by atoms with van der Waals surface area (Å²) < 4.78 is 14.7. The summed E-state index contributed by atoms with van der Waals surface area (Å²) >= 11 is 5.92. The molecule has 2 aromatic carbocycles. The number of hydrogen-bond donors (Lipinski definition) is 2. The molecule has 0 atom stereocenters. The Morgan fingerprint density at radius 3 is 2.80 bits per heavy atom. The van der Waals surface area contributed by atoms with Crippen molar-refractivity contribution in [3.05, 3.63) is 64.1 Å². The minimum absolute atomic E-state index is 0.0509. The minimum Gasteiger partial charge on any atom is -0.364 e. The van der Waals surface area contributed by atoms with Crippen LogP contribution in [-0.4, -0.2) is 10.9 Å². The highest BCUT2D eigenvalue weighted by Gasteiger charge is 2.22. The second-order valence-corrected chi connectivity index (χ2v) is 5.98. The van der Waals surface area contributed by atoms with Gasteiger partial charge in [0.25, 0.3) is 5.91 Å². The molecule has 3 rings (SSSR count). The molecule has 3 N–H and O–H groups in total. The van der Waals surface area contributed by atoms with Crippen LogP contribution in [-0.2, 0) is 0 Å². The van der Waals surface area contributed by atoms with E-state index in [1.165, 1.54) is 12.1 Å². The number of fused-ring (bicyclic) bond motifs is 1. The number of aromatic nitrogens is 1. The number of primary amides is 1. The van der Waals surface area contributed by atoms with Gasteiger partial charge < -0.3 is 10.7 Å². The first-order valence-electron chi connectivity index (χ1n) is 7.40. The average Bonchev–Trinajstić information content (AvgIpc) is 2.97. The summed E-state index contributed by atoms with van der Waals surface area (Å²) in [7, 11) is 0. The Hall–Kier alpha value is -3.10. The number of aromatic amines is 1. The molecule has 0 saturated heterocycles. The van der Waals surface area contributed by atoms with E-state index in [4.69, 9.17) is 22.6 Å². The summed E-state index contributed by atoms with van der Waals surface area (Å²) in [5.41, 5.74) is 8.54. The number of nitrogens with zero attached hydrogens (tertiary/aromatic N) is 1. The predicted octanol–water partition coefficient (Wildman–Crippen LogP) is 4.57. The van der Waals surface area contributed by atoms with Crippen LogP contribution in [0, 0.1) is 24.1 Å². The molecular formula is C19H13ClFN3O. The Kier molecular flexibility index (Phi) is 4.30. The molecule has 1 aromatic heterocycles. The fraction of sp³-hybridized carbons (Fsp3) is 0.0526. The third-order valence-corrected chi connectivity index (χ3v) is 4.21. The molecule has 0 aliphatic rings. The molecule has 0 fully saturated rings. The van der Waals surface area contributed by atoms with Crippen LogP contribution in [0.3, 0.4) is 0 Å². The lowest BCUT2D eigenvalue weighted by Gasteiger charge is -2.09. The molecule has 0 unspecified atom stereocenters. The quantitative estimate of drug-likeness (QED) is 0.676. The van der Waals surface area contributed by atoms with Gasteiger partial charge in [-0.2, -0.15) is 5.26 Å².